The van der Waals surface area contributed by atoms with Crippen molar-refractivity contribution in [2.24, 2.45) is 0 Å². The van der Waals surface area contributed by atoms with Gasteiger partial charge in [0.05, 0.1) is 0 Å². The van der Waals surface area contributed by atoms with Crippen molar-refractivity contribution in [2.45, 2.75) is 24.8 Å². The van der Waals surface area contributed by atoms with Crippen LogP contribution in [0.25, 0.3) is 0 Å². The Morgan fingerprint density at radius 1 is 1.53 bits per heavy atom. The van der Waals surface area contributed by atoms with E-state index < -0.39 is 0 Å². The second-order valence-corrected chi connectivity index (χ2v) is 5.63. The molecule has 6 heteroatoms. The van der Waals surface area contributed by atoms with Crippen LogP contribution in [0.3, 0.4) is 0 Å². The molecule has 2 rings (SSSR count). The van der Waals surface area contributed by atoms with E-state index in [0.717, 1.165) is 5.75 Å². The highest BCUT2D eigenvalue weighted by Crippen LogP contribution is 2.26. The van der Waals surface area contributed by atoms with E-state index in [1.165, 1.54) is 27.1 Å². The minimum atomic E-state index is -0.254. The third kappa shape index (κ3) is 2.51. The van der Waals surface area contributed by atoms with Gasteiger partial charge in [0.15, 0.2) is 5.16 Å². The van der Waals surface area contributed by atoms with E-state index in [9.17, 15) is 4.79 Å². The molecule has 2 heterocycles. The maximum atomic E-state index is 10.8. The lowest BCUT2D eigenvalue weighted by Crippen LogP contribution is -2.00. The predicted octanol–water partition coefficient (Wildman–Crippen LogP) is 2.07. The van der Waals surface area contributed by atoms with Gasteiger partial charge in [-0.1, -0.05) is 11.8 Å². The average molecular weight is 241 g/mol. The number of nitrogens with one attached hydrogen (secondary N) is 2. The Kier molecular flexibility index (Phi) is 2.97. The highest BCUT2D eigenvalue weighted by atomic mass is 32.2. The van der Waals surface area contributed by atoms with E-state index >= 15 is 0 Å². The van der Waals surface area contributed by atoms with E-state index in [1.54, 1.807) is 11.3 Å². The van der Waals surface area contributed by atoms with Gasteiger partial charge in [0.2, 0.25) is 0 Å². The van der Waals surface area contributed by atoms with Crippen LogP contribution in [0.4, 0.5) is 0 Å². The van der Waals surface area contributed by atoms with Crippen LogP contribution < -0.4 is 5.69 Å². The van der Waals surface area contributed by atoms with Crippen LogP contribution in [0.5, 0.6) is 0 Å². The number of aromatic amines is 2. The SMILES string of the molecule is Cc1cc(CSc2n[nH]c(=O)[nH]2)c(C)s1. The summed E-state index contributed by atoms with van der Waals surface area (Å²) in [5.41, 5.74) is 1.06. The van der Waals surface area contributed by atoms with Gasteiger partial charge in [0, 0.05) is 15.5 Å². The monoisotopic (exact) mass is 241 g/mol. The quantitative estimate of drug-likeness (QED) is 0.809. The summed E-state index contributed by atoms with van der Waals surface area (Å²) in [5, 5.41) is 6.83. The average Bonchev–Trinajstić information content (AvgIpc) is 2.70. The molecular weight excluding hydrogens is 230 g/mol. The lowest BCUT2D eigenvalue weighted by molar-refractivity contribution is 0.970. The van der Waals surface area contributed by atoms with E-state index in [0.29, 0.717) is 5.16 Å². The molecule has 0 radical (unpaired) electrons. The molecule has 2 aromatic rings. The van der Waals surface area contributed by atoms with Gasteiger partial charge >= 0.3 is 5.69 Å². The largest absolute Gasteiger partial charge is 0.341 e. The van der Waals surface area contributed by atoms with Crippen LogP contribution in [0.2, 0.25) is 0 Å². The van der Waals surface area contributed by atoms with Crippen molar-refractivity contribution in [1.82, 2.24) is 15.2 Å². The normalized spacial score (nSPS) is 10.8. The molecule has 0 fully saturated rings. The Morgan fingerprint density at radius 2 is 2.33 bits per heavy atom. The first-order chi connectivity index (χ1) is 7.15. The van der Waals surface area contributed by atoms with Gasteiger partial charge in [-0.2, -0.15) is 0 Å². The zero-order valence-electron chi connectivity index (χ0n) is 8.46. The number of thiophene rings is 1. The third-order valence-corrected chi connectivity index (χ3v) is 3.92. The molecule has 0 aliphatic carbocycles. The number of aryl methyl sites for hydroxylation is 2. The van der Waals surface area contributed by atoms with Crippen molar-refractivity contribution in [3.05, 3.63) is 31.9 Å². The van der Waals surface area contributed by atoms with Gasteiger partial charge in [-0.25, -0.2) is 9.89 Å². The minimum Gasteiger partial charge on any atom is -0.284 e. The molecule has 80 valence electrons. The molecule has 2 aromatic heterocycles. The van der Waals surface area contributed by atoms with Crippen LogP contribution >= 0.6 is 23.1 Å². The number of rotatable bonds is 3. The summed E-state index contributed by atoms with van der Waals surface area (Å²) >= 11 is 3.33. The molecular formula is C9H11N3OS2. The predicted molar refractivity (Wildman–Crippen MR) is 62.6 cm³/mol. The van der Waals surface area contributed by atoms with E-state index in [2.05, 4.69) is 35.1 Å². The Hall–Kier alpha value is -1.01. The lowest BCUT2D eigenvalue weighted by atomic mass is 10.3. The zero-order valence-corrected chi connectivity index (χ0v) is 10.1. The highest BCUT2D eigenvalue weighted by molar-refractivity contribution is 7.98. The maximum absolute atomic E-state index is 10.8. The van der Waals surface area contributed by atoms with Crippen molar-refractivity contribution in [3.8, 4) is 0 Å². The number of aromatic nitrogens is 3. The molecule has 0 bridgehead atoms. The van der Waals surface area contributed by atoms with E-state index in [1.807, 2.05) is 0 Å². The molecule has 0 amide bonds. The van der Waals surface area contributed by atoms with Crippen LogP contribution in [0, 0.1) is 13.8 Å². The first-order valence-corrected chi connectivity index (χ1v) is 6.29. The Balaban J connectivity index is 2.04. The van der Waals surface area contributed by atoms with Gasteiger partial charge in [0.25, 0.3) is 0 Å². The summed E-state index contributed by atoms with van der Waals surface area (Å²) in [6.07, 6.45) is 0. The molecule has 4 nitrogen and oxygen atoms in total. The molecule has 0 unspecified atom stereocenters. The van der Waals surface area contributed by atoms with E-state index in [-0.39, 0.29) is 5.69 Å². The van der Waals surface area contributed by atoms with Crippen molar-refractivity contribution in [1.29, 1.82) is 0 Å². The summed E-state index contributed by atoms with van der Waals surface area (Å²) < 4.78 is 0. The first kappa shape index (κ1) is 10.5. The number of hydrogen-bond acceptors (Lipinski definition) is 4. The fourth-order valence-corrected chi connectivity index (χ4v) is 3.20. The van der Waals surface area contributed by atoms with Gasteiger partial charge in [-0.15, -0.1) is 16.4 Å². The van der Waals surface area contributed by atoms with Gasteiger partial charge in [-0.05, 0) is 25.5 Å². The highest BCUT2D eigenvalue weighted by Gasteiger charge is 2.05. The fraction of sp³-hybridized carbons (Fsp3) is 0.333. The van der Waals surface area contributed by atoms with Crippen molar-refractivity contribution in [2.75, 3.05) is 0 Å². The minimum absolute atomic E-state index is 0.254. The lowest BCUT2D eigenvalue weighted by Gasteiger charge is -1.95. The van der Waals surface area contributed by atoms with Crippen molar-refractivity contribution in [3.63, 3.8) is 0 Å². The molecule has 0 saturated heterocycles. The Bertz CT molecular complexity index is 511. The topological polar surface area (TPSA) is 61.5 Å². The van der Waals surface area contributed by atoms with E-state index in [4.69, 9.17) is 0 Å². The molecule has 15 heavy (non-hydrogen) atoms. The molecule has 0 aliphatic rings. The summed E-state index contributed by atoms with van der Waals surface area (Å²) in [7, 11) is 0. The third-order valence-electron chi connectivity index (χ3n) is 1.99. The van der Waals surface area contributed by atoms with Gasteiger partial charge in [-0.3, -0.25) is 4.98 Å². The van der Waals surface area contributed by atoms with Gasteiger partial charge < -0.3 is 0 Å². The summed E-state index contributed by atoms with van der Waals surface area (Å²) in [6, 6.07) is 2.18. The van der Waals surface area contributed by atoms with Gasteiger partial charge in [0.1, 0.15) is 0 Å². The number of nitrogens with zero attached hydrogens (tertiary/aromatic N) is 1. The molecule has 0 spiro atoms. The summed E-state index contributed by atoms with van der Waals surface area (Å²) in [5.74, 6) is 0.844. The Morgan fingerprint density at radius 3 is 2.87 bits per heavy atom. The molecule has 0 aliphatic heterocycles. The van der Waals surface area contributed by atoms with Crippen LogP contribution in [0.15, 0.2) is 16.0 Å². The standard InChI is InChI=1S/C9H11N3OS2/c1-5-3-7(6(2)15-5)4-14-9-10-8(13)11-12-9/h3H,4H2,1-2H3,(H2,10,11,12,13). The molecule has 0 atom stereocenters. The summed E-state index contributed by atoms with van der Waals surface area (Å²) in [6.45, 7) is 4.21. The number of H-pyrrole nitrogens is 2. The fourth-order valence-electron chi connectivity index (χ4n) is 1.30. The van der Waals surface area contributed by atoms with Crippen LogP contribution in [-0.4, -0.2) is 15.2 Å². The smallest absolute Gasteiger partial charge is 0.284 e. The first-order valence-electron chi connectivity index (χ1n) is 4.48. The Labute approximate surface area is 95.1 Å². The number of thioether (sulfide) groups is 1. The van der Waals surface area contributed by atoms with Crippen LogP contribution in [0.1, 0.15) is 15.3 Å². The summed E-state index contributed by atoms with van der Waals surface area (Å²) in [4.78, 5) is 16.1. The van der Waals surface area contributed by atoms with Crippen LogP contribution in [-0.2, 0) is 5.75 Å². The molecule has 2 N–H and O–H groups in total. The molecule has 0 saturated carbocycles. The van der Waals surface area contributed by atoms with Crippen molar-refractivity contribution < 1.29 is 0 Å². The zero-order chi connectivity index (χ0) is 10.8. The molecule has 0 aromatic carbocycles. The van der Waals surface area contributed by atoms with Crippen molar-refractivity contribution >= 4 is 23.1 Å². The maximum Gasteiger partial charge on any atom is 0.341 e. The number of hydrogen-bond donors (Lipinski definition) is 2. The second-order valence-electron chi connectivity index (χ2n) is 3.21. The second kappa shape index (κ2) is 4.24.